The summed E-state index contributed by atoms with van der Waals surface area (Å²) in [5.74, 6) is 0.981. The van der Waals surface area contributed by atoms with Crippen molar-refractivity contribution < 1.29 is 5.11 Å². The molecule has 1 N–H and O–H groups in total. The molecule has 0 radical (unpaired) electrons. The summed E-state index contributed by atoms with van der Waals surface area (Å²) >= 11 is 0. The fraction of sp³-hybridized carbons (Fsp3) is 0.750. The zero-order valence-corrected chi connectivity index (χ0v) is 6.09. The van der Waals surface area contributed by atoms with Crippen molar-refractivity contribution in [1.82, 2.24) is 0 Å². The van der Waals surface area contributed by atoms with Crippen LogP contribution in [0.5, 0.6) is 0 Å². The largest absolute Gasteiger partial charge is 0.392 e. The fourth-order valence-corrected chi connectivity index (χ4v) is 1.33. The summed E-state index contributed by atoms with van der Waals surface area (Å²) in [6.07, 6.45) is 0.723. The highest BCUT2D eigenvalue weighted by Crippen LogP contribution is 2.46. The van der Waals surface area contributed by atoms with Gasteiger partial charge in [-0.2, -0.15) is 0 Å². The molecule has 0 bridgehead atoms. The minimum Gasteiger partial charge on any atom is -0.392 e. The van der Waals surface area contributed by atoms with Crippen molar-refractivity contribution in [2.24, 2.45) is 11.8 Å². The summed E-state index contributed by atoms with van der Waals surface area (Å²) in [4.78, 5) is 0. The summed E-state index contributed by atoms with van der Waals surface area (Å²) in [6.45, 7) is 7.96. The first kappa shape index (κ1) is 6.81. The number of aliphatic hydroxyl groups excluding tert-OH is 1. The number of rotatable bonds is 2. The SMILES string of the molecule is C=C1C(C)C1C(O)CC. The lowest BCUT2D eigenvalue weighted by atomic mass is 10.1. The van der Waals surface area contributed by atoms with Crippen LogP contribution in [0, 0.1) is 11.8 Å². The lowest BCUT2D eigenvalue weighted by molar-refractivity contribution is 0.145. The van der Waals surface area contributed by atoms with Crippen LogP contribution in [-0.2, 0) is 0 Å². The molecule has 0 spiro atoms. The molecular weight excluding hydrogens is 112 g/mol. The average Bonchev–Trinajstić information content (AvgIpc) is 2.40. The molecule has 0 aromatic carbocycles. The maximum absolute atomic E-state index is 9.28. The molecule has 1 fully saturated rings. The van der Waals surface area contributed by atoms with Crippen LogP contribution >= 0.6 is 0 Å². The third kappa shape index (κ3) is 1.01. The molecule has 1 nitrogen and oxygen atoms in total. The minimum atomic E-state index is -0.132. The third-order valence-electron chi connectivity index (χ3n) is 2.28. The molecule has 0 aromatic heterocycles. The molecule has 0 aliphatic heterocycles. The van der Waals surface area contributed by atoms with Crippen LogP contribution in [0.3, 0.4) is 0 Å². The Morgan fingerprint density at radius 1 is 1.78 bits per heavy atom. The standard InChI is InChI=1S/C8H14O/c1-4-7(9)8-5(2)6(8)3/h6-9H,2,4H2,1,3H3. The normalized spacial score (nSPS) is 36.6. The van der Waals surface area contributed by atoms with E-state index in [1.54, 1.807) is 0 Å². The van der Waals surface area contributed by atoms with Crippen molar-refractivity contribution in [3.05, 3.63) is 12.2 Å². The predicted molar refractivity (Wildman–Crippen MR) is 38.1 cm³/mol. The second-order valence-corrected chi connectivity index (χ2v) is 2.86. The highest BCUT2D eigenvalue weighted by atomic mass is 16.3. The van der Waals surface area contributed by atoms with Crippen molar-refractivity contribution >= 4 is 0 Å². The summed E-state index contributed by atoms with van der Waals surface area (Å²) in [7, 11) is 0. The maximum Gasteiger partial charge on any atom is 0.0608 e. The Morgan fingerprint density at radius 3 is 2.33 bits per heavy atom. The second kappa shape index (κ2) is 2.14. The van der Waals surface area contributed by atoms with Gasteiger partial charge in [0, 0.05) is 5.92 Å². The van der Waals surface area contributed by atoms with Crippen LogP contribution in [-0.4, -0.2) is 11.2 Å². The average molecular weight is 126 g/mol. The molecule has 52 valence electrons. The predicted octanol–water partition coefficient (Wildman–Crippen LogP) is 1.58. The molecule has 3 atom stereocenters. The van der Waals surface area contributed by atoms with Gasteiger partial charge in [0.2, 0.25) is 0 Å². The Hall–Kier alpha value is -0.300. The summed E-state index contributed by atoms with van der Waals surface area (Å²) < 4.78 is 0. The van der Waals surface area contributed by atoms with E-state index < -0.39 is 0 Å². The Bertz CT molecular complexity index is 129. The Labute approximate surface area is 56.4 Å². The molecule has 1 aliphatic carbocycles. The van der Waals surface area contributed by atoms with E-state index in [4.69, 9.17) is 0 Å². The van der Waals surface area contributed by atoms with Crippen molar-refractivity contribution in [3.8, 4) is 0 Å². The van der Waals surface area contributed by atoms with Gasteiger partial charge < -0.3 is 5.11 Å². The van der Waals surface area contributed by atoms with Gasteiger partial charge >= 0.3 is 0 Å². The summed E-state index contributed by atoms with van der Waals surface area (Å²) in [5, 5.41) is 9.28. The maximum atomic E-state index is 9.28. The molecule has 1 saturated carbocycles. The number of hydrogen-bond acceptors (Lipinski definition) is 1. The van der Waals surface area contributed by atoms with E-state index in [2.05, 4.69) is 13.5 Å². The van der Waals surface area contributed by atoms with Crippen LogP contribution in [0.2, 0.25) is 0 Å². The van der Waals surface area contributed by atoms with Gasteiger partial charge in [-0.15, -0.1) is 0 Å². The van der Waals surface area contributed by atoms with E-state index in [0.29, 0.717) is 11.8 Å². The smallest absolute Gasteiger partial charge is 0.0608 e. The molecule has 9 heavy (non-hydrogen) atoms. The van der Waals surface area contributed by atoms with Crippen LogP contribution in [0.25, 0.3) is 0 Å². The first-order valence-electron chi connectivity index (χ1n) is 3.55. The summed E-state index contributed by atoms with van der Waals surface area (Å²) in [6, 6.07) is 0. The monoisotopic (exact) mass is 126 g/mol. The molecule has 1 rings (SSSR count). The van der Waals surface area contributed by atoms with Gasteiger partial charge in [0.15, 0.2) is 0 Å². The number of hydrogen-bond donors (Lipinski definition) is 1. The first-order valence-corrected chi connectivity index (χ1v) is 3.55. The number of aliphatic hydroxyl groups is 1. The van der Waals surface area contributed by atoms with E-state index in [-0.39, 0.29) is 6.10 Å². The van der Waals surface area contributed by atoms with Gasteiger partial charge in [0.1, 0.15) is 0 Å². The second-order valence-electron chi connectivity index (χ2n) is 2.86. The zero-order valence-electron chi connectivity index (χ0n) is 6.09. The summed E-state index contributed by atoms with van der Waals surface area (Å²) in [5.41, 5.74) is 1.23. The minimum absolute atomic E-state index is 0.132. The molecule has 0 heterocycles. The zero-order chi connectivity index (χ0) is 7.02. The van der Waals surface area contributed by atoms with Gasteiger partial charge in [0.05, 0.1) is 6.10 Å². The van der Waals surface area contributed by atoms with E-state index in [1.807, 2.05) is 6.92 Å². The van der Waals surface area contributed by atoms with Gasteiger partial charge in [0.25, 0.3) is 0 Å². The van der Waals surface area contributed by atoms with Crippen LogP contribution in [0.1, 0.15) is 20.3 Å². The quantitative estimate of drug-likeness (QED) is 0.557. The van der Waals surface area contributed by atoms with Crippen LogP contribution in [0.4, 0.5) is 0 Å². The van der Waals surface area contributed by atoms with Gasteiger partial charge in [-0.1, -0.05) is 26.0 Å². The van der Waals surface area contributed by atoms with Crippen LogP contribution in [0.15, 0.2) is 12.2 Å². The van der Waals surface area contributed by atoms with Crippen molar-refractivity contribution in [3.63, 3.8) is 0 Å². The van der Waals surface area contributed by atoms with E-state index in [0.717, 1.165) is 6.42 Å². The molecule has 1 aliphatic rings. The van der Waals surface area contributed by atoms with Crippen molar-refractivity contribution in [2.75, 3.05) is 0 Å². The van der Waals surface area contributed by atoms with Crippen molar-refractivity contribution in [1.29, 1.82) is 0 Å². The lowest BCUT2D eigenvalue weighted by Gasteiger charge is -2.02. The van der Waals surface area contributed by atoms with Crippen molar-refractivity contribution in [2.45, 2.75) is 26.4 Å². The van der Waals surface area contributed by atoms with Gasteiger partial charge in [-0.3, -0.25) is 0 Å². The molecule has 1 heteroatoms. The lowest BCUT2D eigenvalue weighted by Crippen LogP contribution is -2.07. The molecule has 3 unspecified atom stereocenters. The Kier molecular flexibility index (Phi) is 1.62. The molecule has 0 amide bonds. The fourth-order valence-electron chi connectivity index (χ4n) is 1.33. The van der Waals surface area contributed by atoms with E-state index >= 15 is 0 Å². The molecule has 0 aromatic rings. The highest BCUT2D eigenvalue weighted by Gasteiger charge is 2.42. The topological polar surface area (TPSA) is 20.2 Å². The highest BCUT2D eigenvalue weighted by molar-refractivity contribution is 5.26. The molecular formula is C8H14O. The van der Waals surface area contributed by atoms with E-state index in [9.17, 15) is 5.11 Å². The first-order chi connectivity index (χ1) is 4.18. The molecule has 0 saturated heterocycles. The van der Waals surface area contributed by atoms with Gasteiger partial charge in [-0.05, 0) is 12.3 Å². The Morgan fingerprint density at radius 2 is 2.22 bits per heavy atom. The van der Waals surface area contributed by atoms with Gasteiger partial charge in [-0.25, -0.2) is 0 Å². The van der Waals surface area contributed by atoms with E-state index in [1.165, 1.54) is 5.57 Å². The Balaban J connectivity index is 2.39. The van der Waals surface area contributed by atoms with Crippen LogP contribution < -0.4 is 0 Å². The third-order valence-corrected chi connectivity index (χ3v) is 2.28.